The van der Waals surface area contributed by atoms with E-state index < -0.39 is 10.0 Å². The predicted octanol–water partition coefficient (Wildman–Crippen LogP) is 2.60. The Morgan fingerprint density at radius 2 is 2.00 bits per heavy atom. The summed E-state index contributed by atoms with van der Waals surface area (Å²) < 4.78 is 26.3. The van der Waals surface area contributed by atoms with Crippen LogP contribution in [-0.4, -0.2) is 38.6 Å². The Hall–Kier alpha value is -1.40. The van der Waals surface area contributed by atoms with Gasteiger partial charge in [0.1, 0.15) is 6.61 Å². The number of hydrogen-bond donors (Lipinski definition) is 0. The summed E-state index contributed by atoms with van der Waals surface area (Å²) in [6, 6.07) is 7.15. The van der Waals surface area contributed by atoms with Crippen molar-refractivity contribution in [3.05, 3.63) is 29.8 Å². The Morgan fingerprint density at radius 1 is 1.33 bits per heavy atom. The molecular formula is C15H22N2O3S. The van der Waals surface area contributed by atoms with Gasteiger partial charge in [-0.05, 0) is 30.0 Å². The Morgan fingerprint density at radius 3 is 2.52 bits per heavy atom. The van der Waals surface area contributed by atoms with Crippen LogP contribution in [0.15, 0.2) is 34.3 Å². The maximum Gasteiger partial charge on any atom is 0.243 e. The summed E-state index contributed by atoms with van der Waals surface area (Å²) in [6.07, 6.45) is 1.72. The molecule has 1 aliphatic heterocycles. The van der Waals surface area contributed by atoms with E-state index in [9.17, 15) is 8.42 Å². The molecule has 6 heteroatoms. The van der Waals surface area contributed by atoms with Crippen LogP contribution < -0.4 is 0 Å². The van der Waals surface area contributed by atoms with E-state index in [0.717, 1.165) is 17.7 Å². The van der Waals surface area contributed by atoms with Gasteiger partial charge in [0.15, 0.2) is 0 Å². The van der Waals surface area contributed by atoms with Crippen molar-refractivity contribution in [3.63, 3.8) is 0 Å². The highest BCUT2D eigenvalue weighted by Crippen LogP contribution is 2.22. The Kier molecular flexibility index (Phi) is 5.00. The first-order valence-corrected chi connectivity index (χ1v) is 8.63. The third kappa shape index (κ3) is 3.63. The Bertz CT molecular complexity index is 608. The maximum absolute atomic E-state index is 12.5. The lowest BCUT2D eigenvalue weighted by atomic mass is 9.99. The van der Waals surface area contributed by atoms with E-state index in [-0.39, 0.29) is 6.54 Å². The summed E-state index contributed by atoms with van der Waals surface area (Å²) in [7, 11) is -1.91. The monoisotopic (exact) mass is 310 g/mol. The van der Waals surface area contributed by atoms with Crippen LogP contribution in [0.1, 0.15) is 38.2 Å². The quantitative estimate of drug-likeness (QED) is 0.811. The van der Waals surface area contributed by atoms with Crippen LogP contribution in [0.4, 0.5) is 0 Å². The standard InChI is InChI=1S/C15H22N2O3S/c1-4-12(2)13-5-7-15(8-6-13)21(18,19)17(3)11-14-9-10-20-16-14/h5-8,12H,4,9-11H2,1-3H3. The fourth-order valence-electron chi connectivity index (χ4n) is 2.18. The van der Waals surface area contributed by atoms with Crippen LogP contribution in [0.5, 0.6) is 0 Å². The molecule has 0 bridgehead atoms. The number of nitrogens with zero attached hydrogens (tertiary/aromatic N) is 2. The van der Waals surface area contributed by atoms with Crippen molar-refractivity contribution in [2.75, 3.05) is 20.2 Å². The van der Waals surface area contributed by atoms with E-state index in [1.54, 1.807) is 19.2 Å². The zero-order valence-corrected chi connectivity index (χ0v) is 13.6. The minimum Gasteiger partial charge on any atom is -0.395 e. The number of oxime groups is 1. The van der Waals surface area contributed by atoms with Crippen molar-refractivity contribution in [1.82, 2.24) is 4.31 Å². The van der Waals surface area contributed by atoms with Crippen molar-refractivity contribution < 1.29 is 13.3 Å². The van der Waals surface area contributed by atoms with E-state index in [4.69, 9.17) is 4.84 Å². The molecule has 2 rings (SSSR count). The van der Waals surface area contributed by atoms with Gasteiger partial charge in [-0.15, -0.1) is 0 Å². The lowest BCUT2D eigenvalue weighted by Crippen LogP contribution is -2.31. The molecule has 1 aliphatic rings. The minimum absolute atomic E-state index is 0.273. The molecule has 5 nitrogen and oxygen atoms in total. The normalized spacial score (nSPS) is 16.7. The third-order valence-corrected chi connectivity index (χ3v) is 5.67. The molecular weight excluding hydrogens is 288 g/mol. The van der Waals surface area contributed by atoms with Crippen molar-refractivity contribution in [3.8, 4) is 0 Å². The highest BCUT2D eigenvalue weighted by atomic mass is 32.2. The van der Waals surface area contributed by atoms with Crippen molar-refractivity contribution >= 4 is 15.7 Å². The zero-order valence-electron chi connectivity index (χ0n) is 12.7. The molecule has 0 aliphatic carbocycles. The van der Waals surface area contributed by atoms with Crippen molar-refractivity contribution in [1.29, 1.82) is 0 Å². The maximum atomic E-state index is 12.5. The van der Waals surface area contributed by atoms with Gasteiger partial charge in [-0.3, -0.25) is 0 Å². The number of rotatable bonds is 6. The number of benzene rings is 1. The summed E-state index contributed by atoms with van der Waals surface area (Å²) in [6.45, 7) is 5.06. The van der Waals surface area contributed by atoms with Gasteiger partial charge >= 0.3 is 0 Å². The predicted molar refractivity (Wildman–Crippen MR) is 83.0 cm³/mol. The minimum atomic E-state index is -3.48. The fraction of sp³-hybridized carbons (Fsp3) is 0.533. The lowest BCUT2D eigenvalue weighted by molar-refractivity contribution is 0.173. The van der Waals surface area contributed by atoms with E-state index in [1.165, 1.54) is 4.31 Å². The highest BCUT2D eigenvalue weighted by Gasteiger charge is 2.23. The van der Waals surface area contributed by atoms with Crippen LogP contribution in [-0.2, 0) is 14.9 Å². The summed E-state index contributed by atoms with van der Waals surface area (Å²) in [5.74, 6) is 0.435. The average Bonchev–Trinajstić information content (AvgIpc) is 2.99. The van der Waals surface area contributed by atoms with Gasteiger partial charge in [-0.2, -0.15) is 4.31 Å². The first kappa shape index (κ1) is 16.0. The van der Waals surface area contributed by atoms with E-state index in [1.807, 2.05) is 12.1 Å². The van der Waals surface area contributed by atoms with Gasteiger partial charge in [-0.25, -0.2) is 8.42 Å². The van der Waals surface area contributed by atoms with E-state index >= 15 is 0 Å². The second-order valence-corrected chi connectivity index (χ2v) is 7.43. The van der Waals surface area contributed by atoms with Crippen LogP contribution in [0.2, 0.25) is 0 Å². The fourth-order valence-corrected chi connectivity index (χ4v) is 3.34. The van der Waals surface area contributed by atoms with Gasteiger partial charge in [0.2, 0.25) is 10.0 Å². The SMILES string of the molecule is CCC(C)c1ccc(S(=O)(=O)N(C)CC2=NOCC2)cc1. The van der Waals surface area contributed by atoms with Gasteiger partial charge in [0.05, 0.1) is 17.2 Å². The van der Waals surface area contributed by atoms with Gasteiger partial charge in [-0.1, -0.05) is 31.1 Å². The lowest BCUT2D eigenvalue weighted by Gasteiger charge is -2.17. The molecule has 116 valence electrons. The van der Waals surface area contributed by atoms with E-state index in [0.29, 0.717) is 23.8 Å². The molecule has 0 N–H and O–H groups in total. The molecule has 21 heavy (non-hydrogen) atoms. The first-order valence-electron chi connectivity index (χ1n) is 7.19. The molecule has 0 radical (unpaired) electrons. The van der Waals surface area contributed by atoms with Crippen LogP contribution >= 0.6 is 0 Å². The molecule has 0 fully saturated rings. The van der Waals surface area contributed by atoms with Crippen LogP contribution in [0, 0.1) is 0 Å². The number of sulfonamides is 1. The molecule has 0 saturated heterocycles. The van der Waals surface area contributed by atoms with Crippen LogP contribution in [0.25, 0.3) is 0 Å². The van der Waals surface area contributed by atoms with E-state index in [2.05, 4.69) is 19.0 Å². The van der Waals surface area contributed by atoms with Crippen molar-refractivity contribution in [2.45, 2.75) is 37.5 Å². The van der Waals surface area contributed by atoms with Crippen LogP contribution in [0.3, 0.4) is 0 Å². The second-order valence-electron chi connectivity index (χ2n) is 5.38. The van der Waals surface area contributed by atoms with Gasteiger partial charge in [0, 0.05) is 13.5 Å². The summed E-state index contributed by atoms with van der Waals surface area (Å²) in [5.41, 5.74) is 1.92. The molecule has 0 saturated carbocycles. The highest BCUT2D eigenvalue weighted by molar-refractivity contribution is 7.89. The zero-order chi connectivity index (χ0) is 15.5. The second kappa shape index (κ2) is 6.58. The van der Waals surface area contributed by atoms with Gasteiger partial charge in [0.25, 0.3) is 0 Å². The molecule has 1 aromatic carbocycles. The summed E-state index contributed by atoms with van der Waals surface area (Å²) in [4.78, 5) is 5.21. The molecule has 1 heterocycles. The molecule has 0 aromatic heterocycles. The Balaban J connectivity index is 2.14. The molecule has 1 atom stereocenters. The molecule has 0 amide bonds. The average molecular weight is 310 g/mol. The summed E-state index contributed by atoms with van der Waals surface area (Å²) in [5, 5.41) is 3.84. The molecule has 1 unspecified atom stereocenters. The number of hydrogen-bond acceptors (Lipinski definition) is 4. The third-order valence-electron chi connectivity index (χ3n) is 3.85. The van der Waals surface area contributed by atoms with Crippen molar-refractivity contribution in [2.24, 2.45) is 5.16 Å². The first-order chi connectivity index (χ1) is 9.95. The summed E-state index contributed by atoms with van der Waals surface area (Å²) >= 11 is 0. The topological polar surface area (TPSA) is 59.0 Å². The Labute approximate surface area is 126 Å². The van der Waals surface area contributed by atoms with Gasteiger partial charge < -0.3 is 4.84 Å². The molecule has 0 spiro atoms. The smallest absolute Gasteiger partial charge is 0.243 e. The molecule has 1 aromatic rings. The largest absolute Gasteiger partial charge is 0.395 e.